The average molecular weight is 295 g/mol. The molecule has 112 valence electrons. The van der Waals surface area contributed by atoms with Gasteiger partial charge in [0, 0.05) is 11.6 Å². The topological polar surface area (TPSA) is 21.3 Å². The van der Waals surface area contributed by atoms with Crippen LogP contribution >= 0.6 is 0 Å². The highest BCUT2D eigenvalue weighted by atomic mass is 19.1. The summed E-state index contributed by atoms with van der Waals surface area (Å²) >= 11 is 0. The summed E-state index contributed by atoms with van der Waals surface area (Å²) in [6, 6.07) is 7.46. The Bertz CT molecular complexity index is 631. The van der Waals surface area contributed by atoms with E-state index < -0.39 is 23.5 Å². The van der Waals surface area contributed by atoms with Gasteiger partial charge in [-0.2, -0.15) is 0 Å². The fourth-order valence-electron chi connectivity index (χ4n) is 2.24. The normalized spacial score (nSPS) is 12.2. The summed E-state index contributed by atoms with van der Waals surface area (Å²) in [5, 5.41) is 2.89. The Morgan fingerprint density at radius 3 is 2.57 bits per heavy atom. The van der Waals surface area contributed by atoms with Gasteiger partial charge in [-0.15, -0.1) is 0 Å². The summed E-state index contributed by atoms with van der Waals surface area (Å²) in [5.41, 5.74) is 0.539. The molecule has 1 N–H and O–H groups in total. The van der Waals surface area contributed by atoms with Gasteiger partial charge in [0.15, 0.2) is 11.6 Å². The van der Waals surface area contributed by atoms with Crippen LogP contribution in [-0.4, -0.2) is 14.2 Å². The number of hydrogen-bond acceptors (Lipinski definition) is 2. The number of hydrogen-bond donors (Lipinski definition) is 1. The van der Waals surface area contributed by atoms with Crippen LogP contribution in [0, 0.1) is 17.5 Å². The minimum atomic E-state index is -0.540. The first-order valence-corrected chi connectivity index (χ1v) is 6.50. The molecule has 21 heavy (non-hydrogen) atoms. The molecule has 0 spiro atoms. The number of halogens is 3. The van der Waals surface area contributed by atoms with Crippen molar-refractivity contribution in [2.75, 3.05) is 14.2 Å². The first kappa shape index (κ1) is 15.4. The lowest BCUT2D eigenvalue weighted by Gasteiger charge is -2.18. The fraction of sp³-hybridized carbons (Fsp3) is 0.250. The van der Waals surface area contributed by atoms with Crippen LogP contribution in [-0.2, 0) is 6.42 Å². The zero-order valence-electron chi connectivity index (χ0n) is 11.8. The molecule has 0 fully saturated rings. The molecule has 0 aromatic heterocycles. The van der Waals surface area contributed by atoms with Crippen LogP contribution < -0.4 is 10.1 Å². The van der Waals surface area contributed by atoms with E-state index in [-0.39, 0.29) is 17.7 Å². The number of benzene rings is 2. The molecule has 0 aliphatic carbocycles. The maximum absolute atomic E-state index is 14.1. The lowest BCUT2D eigenvalue weighted by molar-refractivity contribution is 0.382. The van der Waals surface area contributed by atoms with E-state index in [1.54, 1.807) is 19.2 Å². The van der Waals surface area contributed by atoms with Gasteiger partial charge < -0.3 is 10.1 Å². The molecule has 0 amide bonds. The van der Waals surface area contributed by atoms with Crippen molar-refractivity contribution in [3.8, 4) is 5.75 Å². The lowest BCUT2D eigenvalue weighted by atomic mass is 9.98. The molecule has 0 heterocycles. The molecular formula is C16H16F3NO. The van der Waals surface area contributed by atoms with Crippen molar-refractivity contribution < 1.29 is 17.9 Å². The third kappa shape index (κ3) is 3.36. The maximum atomic E-state index is 14.1. The molecule has 2 rings (SSSR count). The van der Waals surface area contributed by atoms with Crippen molar-refractivity contribution in [2.24, 2.45) is 0 Å². The highest BCUT2D eigenvalue weighted by Gasteiger charge is 2.18. The van der Waals surface area contributed by atoms with Crippen molar-refractivity contribution >= 4 is 0 Å². The number of ether oxygens (including phenoxy) is 1. The van der Waals surface area contributed by atoms with Gasteiger partial charge in [0.1, 0.15) is 11.6 Å². The summed E-state index contributed by atoms with van der Waals surface area (Å²) in [5.74, 6) is -1.42. The average Bonchev–Trinajstić information content (AvgIpc) is 2.49. The van der Waals surface area contributed by atoms with Crippen molar-refractivity contribution in [1.82, 2.24) is 5.32 Å². The van der Waals surface area contributed by atoms with Gasteiger partial charge in [-0.05, 0) is 43.3 Å². The van der Waals surface area contributed by atoms with E-state index in [4.69, 9.17) is 4.74 Å². The Morgan fingerprint density at radius 1 is 1.14 bits per heavy atom. The third-order valence-corrected chi connectivity index (χ3v) is 3.37. The molecule has 1 atom stereocenters. The summed E-state index contributed by atoms with van der Waals surface area (Å²) in [6.07, 6.45) is 0.180. The minimum Gasteiger partial charge on any atom is -0.494 e. The molecule has 0 saturated carbocycles. The number of rotatable bonds is 5. The van der Waals surface area contributed by atoms with Crippen LogP contribution in [0.15, 0.2) is 36.4 Å². The van der Waals surface area contributed by atoms with Crippen LogP contribution in [0.1, 0.15) is 17.2 Å². The van der Waals surface area contributed by atoms with E-state index in [1.807, 2.05) is 0 Å². The first-order chi connectivity index (χ1) is 10.1. The van der Waals surface area contributed by atoms with Crippen LogP contribution in [0.5, 0.6) is 5.75 Å². The SMILES string of the molecule is CNC(Cc1cccc(OC)c1F)c1cc(F)ccc1F. The molecule has 2 nitrogen and oxygen atoms in total. The van der Waals surface area contributed by atoms with Gasteiger partial charge in [-0.3, -0.25) is 0 Å². The van der Waals surface area contributed by atoms with Crippen LogP contribution in [0.4, 0.5) is 13.2 Å². The first-order valence-electron chi connectivity index (χ1n) is 6.50. The largest absolute Gasteiger partial charge is 0.494 e. The Hall–Kier alpha value is -2.01. The van der Waals surface area contributed by atoms with Crippen molar-refractivity contribution in [1.29, 1.82) is 0 Å². The molecular weight excluding hydrogens is 279 g/mol. The van der Waals surface area contributed by atoms with Crippen LogP contribution in [0.3, 0.4) is 0 Å². The van der Waals surface area contributed by atoms with E-state index >= 15 is 0 Å². The van der Waals surface area contributed by atoms with Gasteiger partial charge in [0.05, 0.1) is 7.11 Å². The quantitative estimate of drug-likeness (QED) is 0.909. The highest BCUT2D eigenvalue weighted by molar-refractivity contribution is 5.33. The number of methoxy groups -OCH3 is 1. The third-order valence-electron chi connectivity index (χ3n) is 3.37. The van der Waals surface area contributed by atoms with E-state index in [9.17, 15) is 13.2 Å². The molecule has 0 aliphatic heterocycles. The molecule has 0 bridgehead atoms. The van der Waals surface area contributed by atoms with E-state index in [2.05, 4.69) is 5.32 Å². The minimum absolute atomic E-state index is 0.127. The molecule has 0 radical (unpaired) electrons. The molecule has 0 saturated heterocycles. The summed E-state index contributed by atoms with van der Waals surface area (Å²) in [6.45, 7) is 0. The molecule has 0 aliphatic rings. The Morgan fingerprint density at radius 2 is 1.90 bits per heavy atom. The molecule has 5 heteroatoms. The van der Waals surface area contributed by atoms with Gasteiger partial charge in [-0.25, -0.2) is 13.2 Å². The van der Waals surface area contributed by atoms with Crippen LogP contribution in [0.25, 0.3) is 0 Å². The monoisotopic (exact) mass is 295 g/mol. The predicted octanol–water partition coefficient (Wildman–Crippen LogP) is 3.62. The fourth-order valence-corrected chi connectivity index (χ4v) is 2.24. The Kier molecular flexibility index (Phi) is 4.85. The molecule has 2 aromatic rings. The van der Waals surface area contributed by atoms with E-state index in [1.165, 1.54) is 13.2 Å². The highest BCUT2D eigenvalue weighted by Crippen LogP contribution is 2.26. The second-order valence-corrected chi connectivity index (χ2v) is 4.64. The van der Waals surface area contributed by atoms with Gasteiger partial charge >= 0.3 is 0 Å². The standard InChI is InChI=1S/C16H16F3NO/c1-20-14(12-9-11(17)6-7-13(12)18)8-10-4-3-5-15(21-2)16(10)19/h3-7,9,14,20H,8H2,1-2H3. The second kappa shape index (κ2) is 6.63. The smallest absolute Gasteiger partial charge is 0.168 e. The van der Waals surface area contributed by atoms with Gasteiger partial charge in [0.2, 0.25) is 0 Å². The predicted molar refractivity (Wildman–Crippen MR) is 74.8 cm³/mol. The van der Waals surface area contributed by atoms with Crippen molar-refractivity contribution in [2.45, 2.75) is 12.5 Å². The number of nitrogens with one attached hydrogen (secondary N) is 1. The zero-order chi connectivity index (χ0) is 15.4. The summed E-state index contributed by atoms with van der Waals surface area (Å²) in [4.78, 5) is 0. The van der Waals surface area contributed by atoms with Crippen molar-refractivity contribution in [3.05, 3.63) is 65.0 Å². The van der Waals surface area contributed by atoms with Gasteiger partial charge in [0.25, 0.3) is 0 Å². The van der Waals surface area contributed by atoms with Gasteiger partial charge in [-0.1, -0.05) is 12.1 Å². The van der Waals surface area contributed by atoms with E-state index in [0.717, 1.165) is 18.2 Å². The summed E-state index contributed by atoms with van der Waals surface area (Å²) in [7, 11) is 3.00. The van der Waals surface area contributed by atoms with E-state index in [0.29, 0.717) is 5.56 Å². The zero-order valence-corrected chi connectivity index (χ0v) is 11.8. The summed E-state index contributed by atoms with van der Waals surface area (Å²) < 4.78 is 46.2. The number of likely N-dealkylation sites (N-methyl/N-ethyl adjacent to an activating group) is 1. The van der Waals surface area contributed by atoms with Crippen molar-refractivity contribution in [3.63, 3.8) is 0 Å². The van der Waals surface area contributed by atoms with Crippen LogP contribution in [0.2, 0.25) is 0 Å². The molecule has 2 aromatic carbocycles. The molecule has 1 unspecified atom stereocenters. The second-order valence-electron chi connectivity index (χ2n) is 4.64. The Labute approximate surface area is 121 Å². The maximum Gasteiger partial charge on any atom is 0.168 e. The lowest BCUT2D eigenvalue weighted by Crippen LogP contribution is -2.21. The Balaban J connectivity index is 2.33.